The van der Waals surface area contributed by atoms with Crippen molar-refractivity contribution in [2.45, 2.75) is 6.10 Å². The first-order chi connectivity index (χ1) is 22.7. The Morgan fingerprint density at radius 3 is 1.81 bits per heavy atom. The van der Waals surface area contributed by atoms with E-state index in [0.717, 1.165) is 12.1 Å². The summed E-state index contributed by atoms with van der Waals surface area (Å²) >= 11 is 0. The van der Waals surface area contributed by atoms with Crippen molar-refractivity contribution in [1.29, 1.82) is 0 Å². The number of carbonyl (C=O) groups is 2. The number of terminal acetylenes is 3. The van der Waals surface area contributed by atoms with E-state index in [1.54, 1.807) is 12.1 Å². The van der Waals surface area contributed by atoms with Crippen LogP contribution < -0.4 is 28.4 Å². The molecule has 4 aromatic carbocycles. The number of ether oxygens (including phenoxy) is 6. The number of hydrogen-bond donors (Lipinski definition) is 1. The molecule has 4 aromatic rings. The van der Waals surface area contributed by atoms with Crippen molar-refractivity contribution in [2.24, 2.45) is 0 Å². The van der Waals surface area contributed by atoms with E-state index in [1.807, 2.05) is 12.2 Å². The smallest absolute Gasteiger partial charge is 0.347 e. The van der Waals surface area contributed by atoms with Crippen LogP contribution in [0.1, 0.15) is 37.9 Å². The molecule has 1 N–H and O–H groups in total. The van der Waals surface area contributed by atoms with Gasteiger partial charge in [0.15, 0.2) is 11.5 Å². The first-order valence-corrected chi connectivity index (χ1v) is 13.0. The largest absolute Gasteiger partial charge is 0.497 e. The fourth-order valence-corrected chi connectivity index (χ4v) is 4.17. The number of esters is 2. The van der Waals surface area contributed by atoms with E-state index >= 15 is 0 Å². The molecular weight excluding hydrogens is 614 g/mol. The zero-order chi connectivity index (χ0) is 33.9. The van der Waals surface area contributed by atoms with Crippen LogP contribution in [0, 0.1) is 47.7 Å². The zero-order valence-corrected chi connectivity index (χ0v) is 24.2. The van der Waals surface area contributed by atoms with Crippen molar-refractivity contribution in [2.75, 3.05) is 7.11 Å². The molecule has 0 aliphatic heterocycles. The molecule has 0 amide bonds. The van der Waals surface area contributed by atoms with Crippen molar-refractivity contribution in [1.82, 2.24) is 0 Å². The summed E-state index contributed by atoms with van der Waals surface area (Å²) in [5.74, 6) is -1.65. The molecule has 0 aliphatic rings. The Morgan fingerprint density at radius 1 is 0.723 bits per heavy atom. The third-order valence-corrected chi connectivity index (χ3v) is 6.29. The molecule has 0 aromatic heterocycles. The van der Waals surface area contributed by atoms with E-state index in [2.05, 4.69) is 6.11 Å². The van der Waals surface area contributed by atoms with Crippen LogP contribution in [0.5, 0.6) is 34.5 Å². The highest BCUT2D eigenvalue weighted by Crippen LogP contribution is 2.37. The number of nitro benzene ring substituents is 1. The van der Waals surface area contributed by atoms with Gasteiger partial charge in [0.25, 0.3) is 5.69 Å². The highest BCUT2D eigenvalue weighted by atomic mass is 17.1. The van der Waals surface area contributed by atoms with Gasteiger partial charge >= 0.3 is 11.9 Å². The second kappa shape index (κ2) is 15.1. The number of benzene rings is 4. The fraction of sp³-hybridized carbons (Fsp3) is 0.0588. The molecule has 0 saturated heterocycles. The van der Waals surface area contributed by atoms with E-state index < -0.39 is 23.0 Å². The highest BCUT2D eigenvalue weighted by Gasteiger charge is 2.25. The van der Waals surface area contributed by atoms with Gasteiger partial charge in [-0.1, -0.05) is 25.3 Å². The van der Waals surface area contributed by atoms with Crippen LogP contribution in [0.25, 0.3) is 0 Å². The summed E-state index contributed by atoms with van der Waals surface area (Å²) in [6.45, 7) is 0. The lowest BCUT2D eigenvalue weighted by molar-refractivity contribution is -0.384. The normalized spacial score (nSPS) is 10.6. The average Bonchev–Trinajstić information content (AvgIpc) is 3.06. The minimum atomic E-state index is -1.17. The van der Waals surface area contributed by atoms with E-state index in [4.69, 9.17) is 52.6 Å². The van der Waals surface area contributed by atoms with Crippen molar-refractivity contribution in [3.05, 3.63) is 111 Å². The number of carbonyl (C=O) groups excluding carboxylic acids is 2. The topological polar surface area (TPSA) is 162 Å². The Bertz CT molecular complexity index is 1950. The summed E-state index contributed by atoms with van der Waals surface area (Å²) in [5, 5.41) is 20.7. The Balaban J connectivity index is 1.59. The fourth-order valence-electron chi connectivity index (χ4n) is 4.17. The lowest BCUT2D eigenvalue weighted by atomic mass is 9.98. The van der Waals surface area contributed by atoms with Crippen LogP contribution >= 0.6 is 0 Å². The molecule has 0 aliphatic carbocycles. The molecule has 0 radical (unpaired) electrons. The van der Waals surface area contributed by atoms with E-state index in [9.17, 15) is 25.0 Å². The maximum atomic E-state index is 13.2. The number of nitro groups is 1. The monoisotopic (exact) mass is 635 g/mol. The van der Waals surface area contributed by atoms with E-state index in [-0.39, 0.29) is 51.1 Å². The minimum Gasteiger partial charge on any atom is -0.497 e. The lowest BCUT2D eigenvalue weighted by Crippen LogP contribution is -2.13. The molecule has 1 atom stereocenters. The second-order valence-corrected chi connectivity index (χ2v) is 8.99. The van der Waals surface area contributed by atoms with Crippen molar-refractivity contribution in [3.8, 4) is 72.1 Å². The molecule has 13 heteroatoms. The second-order valence-electron chi connectivity index (χ2n) is 8.99. The predicted molar refractivity (Wildman–Crippen MR) is 163 cm³/mol. The van der Waals surface area contributed by atoms with Crippen LogP contribution in [-0.2, 0) is 4.89 Å². The van der Waals surface area contributed by atoms with Gasteiger partial charge in [-0.25, -0.2) is 14.5 Å². The molecule has 0 fully saturated rings. The van der Waals surface area contributed by atoms with E-state index in [0.29, 0.717) is 11.3 Å². The van der Waals surface area contributed by atoms with Gasteiger partial charge in [-0.05, 0) is 54.1 Å². The molecule has 0 saturated carbocycles. The predicted octanol–water partition coefficient (Wildman–Crippen LogP) is 5.53. The van der Waals surface area contributed by atoms with Crippen molar-refractivity contribution < 1.29 is 53.1 Å². The summed E-state index contributed by atoms with van der Waals surface area (Å²) in [5.41, 5.74) is 0.131. The molecular formula is C34H21NO12. The first kappa shape index (κ1) is 32.9. The van der Waals surface area contributed by atoms with Gasteiger partial charge in [-0.3, -0.25) is 15.4 Å². The number of non-ortho nitro benzene ring substituents is 1. The number of methoxy groups -OCH3 is 1. The Hall–Kier alpha value is -6.98. The van der Waals surface area contributed by atoms with Gasteiger partial charge in [0.2, 0.25) is 0 Å². The first-order valence-electron chi connectivity index (χ1n) is 13.0. The van der Waals surface area contributed by atoms with Gasteiger partial charge in [0.05, 0.1) is 12.0 Å². The number of rotatable bonds is 12. The molecule has 1 unspecified atom stereocenters. The highest BCUT2D eigenvalue weighted by molar-refractivity contribution is 5.96. The SMILES string of the molecule is C#COc1cc(OC(=O)c2ccc(C(OO)c3ccc(OC)cc3OC#C)cc2OC#C)ccc1C(=O)Oc1ccc([N+](=O)[O-])cc1. The summed E-state index contributed by atoms with van der Waals surface area (Å²) in [4.78, 5) is 41.0. The van der Waals surface area contributed by atoms with Crippen molar-refractivity contribution in [3.63, 3.8) is 0 Å². The van der Waals surface area contributed by atoms with Crippen LogP contribution in [0.2, 0.25) is 0 Å². The maximum absolute atomic E-state index is 13.2. The van der Waals surface area contributed by atoms with Crippen LogP contribution in [-0.4, -0.2) is 29.2 Å². The van der Waals surface area contributed by atoms with Gasteiger partial charge in [0, 0.05) is 29.8 Å². The molecule has 47 heavy (non-hydrogen) atoms. The molecule has 13 nitrogen and oxygen atoms in total. The van der Waals surface area contributed by atoms with E-state index in [1.165, 1.54) is 61.7 Å². The molecule has 4 rings (SSSR count). The third-order valence-electron chi connectivity index (χ3n) is 6.29. The van der Waals surface area contributed by atoms with Gasteiger partial charge in [-0.15, -0.1) is 0 Å². The van der Waals surface area contributed by atoms with Crippen molar-refractivity contribution >= 4 is 17.6 Å². The van der Waals surface area contributed by atoms with Gasteiger partial charge in [-0.2, -0.15) is 0 Å². The number of nitrogens with zero attached hydrogens (tertiary/aromatic N) is 1. The maximum Gasteiger partial charge on any atom is 0.347 e. The van der Waals surface area contributed by atoms with Gasteiger partial charge in [0.1, 0.15) is 58.5 Å². The molecule has 0 heterocycles. The zero-order valence-electron chi connectivity index (χ0n) is 24.2. The third kappa shape index (κ3) is 7.76. The van der Waals surface area contributed by atoms with Crippen LogP contribution in [0.4, 0.5) is 5.69 Å². The Kier molecular flexibility index (Phi) is 10.6. The summed E-state index contributed by atoms with van der Waals surface area (Å²) < 4.78 is 31.5. The standard InChI is InChI=1S/C34H21NO12/c1-5-42-29-18-21(32(47-40)26-16-13-24(41-4)19-30(26)43-6-2)8-15-27(29)34(37)46-25-14-17-28(31(20-25)44-7-3)33(36)45-23-11-9-22(10-12-23)35(38)39/h1-3,8-20,32,40H,4H3. The van der Waals surface area contributed by atoms with Crippen LogP contribution in [0.3, 0.4) is 0 Å². The molecule has 234 valence electrons. The Morgan fingerprint density at radius 2 is 1.23 bits per heavy atom. The molecule has 0 bridgehead atoms. The minimum absolute atomic E-state index is 0.0212. The lowest BCUT2D eigenvalue weighted by Gasteiger charge is -2.18. The number of hydrogen-bond acceptors (Lipinski definition) is 12. The quantitative estimate of drug-likeness (QED) is 0.0518. The van der Waals surface area contributed by atoms with Gasteiger partial charge < -0.3 is 28.4 Å². The summed E-state index contributed by atoms with van der Waals surface area (Å²) in [7, 11) is 1.45. The summed E-state index contributed by atoms with van der Waals surface area (Å²) in [6, 6.07) is 17.2. The summed E-state index contributed by atoms with van der Waals surface area (Å²) in [6.07, 6.45) is 20.7. The Labute approximate surface area is 267 Å². The van der Waals surface area contributed by atoms with Crippen LogP contribution in [0.15, 0.2) is 78.9 Å². The average molecular weight is 636 g/mol. The molecule has 0 spiro atoms.